The maximum absolute atomic E-state index is 13.5. The Morgan fingerprint density at radius 2 is 1.93 bits per heavy atom. The second-order valence-electron chi connectivity index (χ2n) is 7.33. The third kappa shape index (κ3) is 4.16. The van der Waals surface area contributed by atoms with Gasteiger partial charge in [0.2, 0.25) is 0 Å². The number of benzene rings is 1. The highest BCUT2D eigenvalue weighted by Gasteiger charge is 2.49. The van der Waals surface area contributed by atoms with Gasteiger partial charge in [-0.2, -0.15) is 0 Å². The van der Waals surface area contributed by atoms with Crippen LogP contribution in [0, 0.1) is 5.82 Å². The van der Waals surface area contributed by atoms with Crippen LogP contribution in [0.3, 0.4) is 0 Å². The summed E-state index contributed by atoms with van der Waals surface area (Å²) < 4.78 is 41.8. The van der Waals surface area contributed by atoms with E-state index in [2.05, 4.69) is 9.97 Å². The van der Waals surface area contributed by atoms with Gasteiger partial charge in [0.15, 0.2) is 0 Å². The first kappa shape index (κ1) is 19.2. The van der Waals surface area contributed by atoms with Crippen LogP contribution >= 0.6 is 0 Å². The van der Waals surface area contributed by atoms with Gasteiger partial charge in [0, 0.05) is 50.4 Å². The summed E-state index contributed by atoms with van der Waals surface area (Å²) in [6, 6.07) is 8.89. The van der Waals surface area contributed by atoms with Crippen molar-refractivity contribution in [3.05, 3.63) is 72.2 Å². The predicted molar refractivity (Wildman–Crippen MR) is 101 cm³/mol. The van der Waals surface area contributed by atoms with E-state index in [0.717, 1.165) is 11.1 Å². The molecule has 1 aliphatic rings. The number of aromatic nitrogens is 3. The van der Waals surface area contributed by atoms with Crippen LogP contribution in [0.5, 0.6) is 0 Å². The van der Waals surface area contributed by atoms with Gasteiger partial charge in [0.25, 0.3) is 11.8 Å². The summed E-state index contributed by atoms with van der Waals surface area (Å²) in [4.78, 5) is 22.8. The Morgan fingerprint density at radius 3 is 2.55 bits per heavy atom. The van der Waals surface area contributed by atoms with Gasteiger partial charge in [-0.1, -0.05) is 0 Å². The van der Waals surface area contributed by atoms with Crippen molar-refractivity contribution in [3.63, 3.8) is 0 Å². The molecule has 4 rings (SSSR count). The summed E-state index contributed by atoms with van der Waals surface area (Å²) in [5, 5.41) is 0. The molecule has 1 aromatic carbocycles. The minimum Gasteiger partial charge on any atom is -0.340 e. The number of alkyl halides is 2. The Morgan fingerprint density at radius 1 is 1.21 bits per heavy atom. The molecule has 1 saturated carbocycles. The van der Waals surface area contributed by atoms with E-state index in [1.54, 1.807) is 48.3 Å². The van der Waals surface area contributed by atoms with Gasteiger partial charge in [-0.15, -0.1) is 0 Å². The van der Waals surface area contributed by atoms with Crippen molar-refractivity contribution in [2.45, 2.75) is 31.4 Å². The van der Waals surface area contributed by atoms with Gasteiger partial charge >= 0.3 is 0 Å². The summed E-state index contributed by atoms with van der Waals surface area (Å²) in [6.07, 6.45) is 3.94. The zero-order valence-corrected chi connectivity index (χ0v) is 15.7. The van der Waals surface area contributed by atoms with Gasteiger partial charge in [-0.05, 0) is 42.0 Å². The Kier molecular flexibility index (Phi) is 4.86. The van der Waals surface area contributed by atoms with Crippen LogP contribution in [0.4, 0.5) is 13.2 Å². The number of hydrogen-bond donors (Lipinski definition) is 0. The number of hydrogen-bond acceptors (Lipinski definition) is 3. The maximum atomic E-state index is 13.5. The lowest BCUT2D eigenvalue weighted by Crippen LogP contribution is -2.52. The van der Waals surface area contributed by atoms with Crippen molar-refractivity contribution < 1.29 is 18.0 Å². The van der Waals surface area contributed by atoms with E-state index >= 15 is 0 Å². The van der Waals surface area contributed by atoms with Crippen LogP contribution in [0.15, 0.2) is 55.1 Å². The fourth-order valence-corrected chi connectivity index (χ4v) is 3.44. The highest BCUT2D eigenvalue weighted by Crippen LogP contribution is 2.41. The first-order valence-corrected chi connectivity index (χ1v) is 9.18. The minimum atomic E-state index is -2.75. The highest BCUT2D eigenvalue weighted by atomic mass is 19.3. The normalized spacial score (nSPS) is 15.7. The number of halogens is 3. The van der Waals surface area contributed by atoms with Gasteiger partial charge in [0.05, 0.1) is 12.0 Å². The molecule has 0 unspecified atom stereocenters. The molecular formula is C21H19F3N4O. The van der Waals surface area contributed by atoms with Crippen LogP contribution in [0.25, 0.3) is 11.3 Å². The second kappa shape index (κ2) is 7.35. The highest BCUT2D eigenvalue weighted by molar-refractivity contribution is 5.92. The molecule has 1 fully saturated rings. The first-order chi connectivity index (χ1) is 13.8. The lowest BCUT2D eigenvalue weighted by molar-refractivity contribution is -0.117. The smallest absolute Gasteiger partial charge is 0.274 e. The van der Waals surface area contributed by atoms with Gasteiger partial charge in [-0.25, -0.2) is 18.2 Å². The Labute approximate surface area is 165 Å². The van der Waals surface area contributed by atoms with E-state index in [1.807, 2.05) is 0 Å². The molecule has 1 aliphatic carbocycles. The molecule has 2 aromatic heterocycles. The Balaban J connectivity index is 1.60. The summed E-state index contributed by atoms with van der Waals surface area (Å²) in [6.45, 7) is 0.160. The van der Waals surface area contributed by atoms with Crippen LogP contribution < -0.4 is 0 Å². The van der Waals surface area contributed by atoms with E-state index in [9.17, 15) is 18.0 Å². The van der Waals surface area contributed by atoms with Crippen molar-refractivity contribution in [1.82, 2.24) is 19.4 Å². The van der Waals surface area contributed by atoms with Gasteiger partial charge < -0.3 is 9.47 Å². The molecule has 1 amide bonds. The Bertz CT molecular complexity index is 1020. The van der Waals surface area contributed by atoms with Crippen molar-refractivity contribution in [3.8, 4) is 11.3 Å². The number of carbonyl (C=O) groups is 1. The number of pyridine rings is 1. The van der Waals surface area contributed by atoms with Gasteiger partial charge in [0.1, 0.15) is 11.5 Å². The molecule has 0 radical (unpaired) electrons. The zero-order chi connectivity index (χ0) is 20.6. The molecule has 5 nitrogen and oxygen atoms in total. The summed E-state index contributed by atoms with van der Waals surface area (Å²) in [5.74, 6) is -3.47. The standard InChI is InChI=1S/C21H19F3N4O/c1-27-12-19(26-13-27)20(29)28(17-9-21(23,24)10-17)11-14-6-7-25-18(8-14)15-2-4-16(22)5-3-15/h2-8,12-13,17H,9-11H2,1H3. The zero-order valence-electron chi connectivity index (χ0n) is 15.7. The third-order valence-corrected chi connectivity index (χ3v) is 5.01. The molecule has 0 aliphatic heterocycles. The predicted octanol–water partition coefficient (Wildman–Crippen LogP) is 4.06. The van der Waals surface area contributed by atoms with Gasteiger partial charge in [-0.3, -0.25) is 9.78 Å². The quantitative estimate of drug-likeness (QED) is 0.649. The second-order valence-corrected chi connectivity index (χ2v) is 7.33. The molecule has 150 valence electrons. The molecule has 0 atom stereocenters. The van der Waals surface area contributed by atoms with Crippen LogP contribution in [0.1, 0.15) is 28.9 Å². The number of rotatable bonds is 5. The number of amides is 1. The van der Waals surface area contributed by atoms with Crippen molar-refractivity contribution in [2.75, 3.05) is 0 Å². The molecule has 29 heavy (non-hydrogen) atoms. The molecular weight excluding hydrogens is 381 g/mol. The largest absolute Gasteiger partial charge is 0.340 e. The van der Waals surface area contributed by atoms with E-state index < -0.39 is 12.0 Å². The fourth-order valence-electron chi connectivity index (χ4n) is 3.44. The van der Waals surface area contributed by atoms with Crippen LogP contribution in [-0.4, -0.2) is 37.3 Å². The fraction of sp³-hybridized carbons (Fsp3) is 0.286. The molecule has 0 N–H and O–H groups in total. The van der Waals surface area contributed by atoms with E-state index in [-0.39, 0.29) is 36.8 Å². The maximum Gasteiger partial charge on any atom is 0.274 e. The van der Waals surface area contributed by atoms with Crippen molar-refractivity contribution in [1.29, 1.82) is 0 Å². The van der Waals surface area contributed by atoms with E-state index in [1.165, 1.54) is 23.4 Å². The Hall–Kier alpha value is -3.16. The summed E-state index contributed by atoms with van der Waals surface area (Å²) in [5.41, 5.74) is 2.31. The number of nitrogens with zero attached hydrogens (tertiary/aromatic N) is 4. The number of imidazole rings is 1. The average Bonchev–Trinajstić information content (AvgIpc) is 3.11. The molecule has 0 bridgehead atoms. The van der Waals surface area contributed by atoms with Crippen molar-refractivity contribution in [2.24, 2.45) is 7.05 Å². The molecule has 8 heteroatoms. The summed E-state index contributed by atoms with van der Waals surface area (Å²) in [7, 11) is 1.74. The lowest BCUT2D eigenvalue weighted by Gasteiger charge is -2.42. The molecule has 0 saturated heterocycles. The summed E-state index contributed by atoms with van der Waals surface area (Å²) >= 11 is 0. The lowest BCUT2D eigenvalue weighted by atomic mass is 9.86. The molecule has 0 spiro atoms. The average molecular weight is 400 g/mol. The van der Waals surface area contributed by atoms with Crippen LogP contribution in [-0.2, 0) is 13.6 Å². The van der Waals surface area contributed by atoms with Crippen molar-refractivity contribution >= 4 is 5.91 Å². The SMILES string of the molecule is Cn1cnc(C(=O)N(Cc2ccnc(-c3ccc(F)cc3)c2)C2CC(F)(F)C2)c1. The number of aryl methyl sites for hydroxylation is 1. The number of carbonyl (C=O) groups excluding carboxylic acids is 1. The van der Waals surface area contributed by atoms with Crippen LogP contribution in [0.2, 0.25) is 0 Å². The molecule has 3 aromatic rings. The minimum absolute atomic E-state index is 0.160. The topological polar surface area (TPSA) is 51.0 Å². The first-order valence-electron chi connectivity index (χ1n) is 9.18. The van der Waals surface area contributed by atoms with E-state index in [0.29, 0.717) is 5.69 Å². The monoisotopic (exact) mass is 400 g/mol. The molecule has 2 heterocycles. The van der Waals surface area contributed by atoms with E-state index in [4.69, 9.17) is 0 Å². The third-order valence-electron chi connectivity index (χ3n) is 5.01.